The van der Waals surface area contributed by atoms with Gasteiger partial charge in [0.15, 0.2) is 5.78 Å². The lowest BCUT2D eigenvalue weighted by atomic mass is 9.98. The first-order valence-corrected chi connectivity index (χ1v) is 3.71. The first-order chi connectivity index (χ1) is 5.26. The molecule has 11 heavy (non-hydrogen) atoms. The minimum absolute atomic E-state index is 0.0745. The van der Waals surface area contributed by atoms with E-state index < -0.39 is 6.10 Å². The summed E-state index contributed by atoms with van der Waals surface area (Å²) < 4.78 is 5.01. The van der Waals surface area contributed by atoms with Crippen LogP contribution < -0.4 is 0 Å². The van der Waals surface area contributed by atoms with Crippen LogP contribution in [0.3, 0.4) is 0 Å². The summed E-state index contributed by atoms with van der Waals surface area (Å²) in [5, 5.41) is 8.65. The number of aliphatic hydroxyl groups is 1. The summed E-state index contributed by atoms with van der Waals surface area (Å²) in [7, 11) is 5.08. The molecule has 1 unspecified atom stereocenters. The van der Waals surface area contributed by atoms with Crippen molar-refractivity contribution >= 4 is 13.6 Å². The number of rotatable bonds is 6. The third kappa shape index (κ3) is 4.16. The maximum absolute atomic E-state index is 10.8. The van der Waals surface area contributed by atoms with E-state index >= 15 is 0 Å². The Bertz CT molecular complexity index is 116. The van der Waals surface area contributed by atoms with Gasteiger partial charge in [-0.15, -0.1) is 0 Å². The third-order valence-corrected chi connectivity index (χ3v) is 1.25. The average molecular weight is 156 g/mol. The van der Waals surface area contributed by atoms with Crippen LogP contribution in [0.15, 0.2) is 0 Å². The molecular formula is C7H13BO3. The highest BCUT2D eigenvalue weighted by Gasteiger charge is 2.14. The molecule has 1 N–H and O–H groups in total. The van der Waals surface area contributed by atoms with Gasteiger partial charge in [-0.3, -0.25) is 4.79 Å². The van der Waals surface area contributed by atoms with Crippen molar-refractivity contribution in [1.82, 2.24) is 0 Å². The Labute approximate surface area is 68.1 Å². The molecule has 0 heterocycles. The normalized spacial score (nSPS) is 12.9. The molecule has 0 aromatic rings. The lowest BCUT2D eigenvalue weighted by Crippen LogP contribution is -2.28. The number of hydrogen-bond acceptors (Lipinski definition) is 3. The summed E-state index contributed by atoms with van der Waals surface area (Å²) in [5.41, 5.74) is 0. The van der Waals surface area contributed by atoms with Gasteiger partial charge in [0.25, 0.3) is 0 Å². The fraction of sp³-hybridized carbons (Fsp3) is 0.857. The molecule has 0 saturated carbocycles. The van der Waals surface area contributed by atoms with Crippen LogP contribution >= 0.6 is 0 Å². The van der Waals surface area contributed by atoms with Gasteiger partial charge >= 0.3 is 0 Å². The largest absolute Gasteiger partial charge is 0.393 e. The number of ketones is 1. The Morgan fingerprint density at radius 1 is 1.73 bits per heavy atom. The second kappa shape index (κ2) is 6.37. The van der Waals surface area contributed by atoms with E-state index in [1.807, 2.05) is 6.92 Å². The molecule has 1 atom stereocenters. The van der Waals surface area contributed by atoms with E-state index in [1.54, 1.807) is 0 Å². The van der Waals surface area contributed by atoms with Crippen molar-refractivity contribution in [1.29, 1.82) is 0 Å². The average Bonchev–Trinajstić information content (AvgIpc) is 2.05. The van der Waals surface area contributed by atoms with E-state index in [0.717, 1.165) is 6.42 Å². The third-order valence-electron chi connectivity index (χ3n) is 1.25. The number of aliphatic hydroxyl groups excluding tert-OH is 1. The highest BCUT2D eigenvalue weighted by Crippen LogP contribution is 1.96. The van der Waals surface area contributed by atoms with Gasteiger partial charge in [0.1, 0.15) is 6.10 Å². The molecule has 0 aliphatic rings. The zero-order valence-electron chi connectivity index (χ0n) is 6.75. The minimum Gasteiger partial charge on any atom is -0.393 e. The van der Waals surface area contributed by atoms with Crippen LogP contribution in [0.5, 0.6) is 0 Å². The first-order valence-electron chi connectivity index (χ1n) is 3.71. The van der Waals surface area contributed by atoms with Crippen LogP contribution in [0.2, 0.25) is 6.32 Å². The fourth-order valence-corrected chi connectivity index (χ4v) is 0.639. The van der Waals surface area contributed by atoms with Gasteiger partial charge in [0, 0.05) is 6.61 Å². The summed E-state index contributed by atoms with van der Waals surface area (Å²) in [5.74, 6) is -0.249. The standard InChI is InChI=1S/C7H13BO3/c1-2-3-11-7(5-9)6(10)4-8/h7,9H,2-5H2,1H3. The molecule has 0 aromatic carbocycles. The smallest absolute Gasteiger partial charge is 0.155 e. The molecule has 0 fully saturated rings. The lowest BCUT2D eigenvalue weighted by Gasteiger charge is -2.12. The Morgan fingerprint density at radius 2 is 2.36 bits per heavy atom. The van der Waals surface area contributed by atoms with Crippen molar-refractivity contribution in [2.24, 2.45) is 0 Å². The van der Waals surface area contributed by atoms with Crippen molar-refractivity contribution in [3.63, 3.8) is 0 Å². The molecule has 62 valence electrons. The van der Waals surface area contributed by atoms with Crippen LogP contribution in [0.25, 0.3) is 0 Å². The summed E-state index contributed by atoms with van der Waals surface area (Å²) in [6.45, 7) is 2.13. The summed E-state index contributed by atoms with van der Waals surface area (Å²) >= 11 is 0. The van der Waals surface area contributed by atoms with Crippen molar-refractivity contribution in [2.75, 3.05) is 13.2 Å². The van der Waals surface area contributed by atoms with Crippen molar-refractivity contribution < 1.29 is 14.6 Å². The number of carbonyl (C=O) groups is 1. The summed E-state index contributed by atoms with van der Waals surface area (Å²) in [6.07, 6.45) is 0.0310. The Kier molecular flexibility index (Phi) is 6.17. The highest BCUT2D eigenvalue weighted by molar-refractivity contribution is 6.21. The topological polar surface area (TPSA) is 46.5 Å². The van der Waals surface area contributed by atoms with Crippen LogP contribution in [-0.4, -0.2) is 38.1 Å². The Balaban J connectivity index is 3.65. The molecule has 0 rings (SSSR count). The molecule has 0 bridgehead atoms. The van der Waals surface area contributed by atoms with Crippen LogP contribution in [-0.2, 0) is 9.53 Å². The Morgan fingerprint density at radius 3 is 2.73 bits per heavy atom. The van der Waals surface area contributed by atoms with E-state index in [0.29, 0.717) is 6.61 Å². The minimum atomic E-state index is -0.722. The molecule has 0 saturated heterocycles. The van der Waals surface area contributed by atoms with E-state index in [2.05, 4.69) is 0 Å². The molecule has 0 amide bonds. The molecule has 0 aliphatic heterocycles. The fourth-order valence-electron chi connectivity index (χ4n) is 0.639. The van der Waals surface area contributed by atoms with E-state index in [1.165, 1.54) is 0 Å². The SMILES string of the molecule is [B]CC(=O)C(CO)OCCC. The maximum atomic E-state index is 10.8. The van der Waals surface area contributed by atoms with Gasteiger partial charge in [0.2, 0.25) is 0 Å². The zero-order chi connectivity index (χ0) is 8.69. The Hall–Kier alpha value is -0.345. The summed E-state index contributed by atoms with van der Waals surface area (Å²) in [4.78, 5) is 10.8. The predicted molar refractivity (Wildman–Crippen MR) is 42.7 cm³/mol. The van der Waals surface area contributed by atoms with Gasteiger partial charge in [-0.1, -0.05) is 6.92 Å². The predicted octanol–water partition coefficient (Wildman–Crippen LogP) is -0.0702. The maximum Gasteiger partial charge on any atom is 0.155 e. The number of Topliss-reactive ketones (excluding diaryl/α,β-unsaturated/α-hetero) is 1. The van der Waals surface area contributed by atoms with Crippen molar-refractivity contribution in [3.05, 3.63) is 0 Å². The van der Waals surface area contributed by atoms with E-state index in [9.17, 15) is 4.79 Å². The van der Waals surface area contributed by atoms with Gasteiger partial charge in [0.05, 0.1) is 14.5 Å². The monoisotopic (exact) mass is 156 g/mol. The molecule has 2 radical (unpaired) electrons. The van der Waals surface area contributed by atoms with Crippen LogP contribution in [0.4, 0.5) is 0 Å². The molecule has 0 spiro atoms. The van der Waals surface area contributed by atoms with Crippen LogP contribution in [0.1, 0.15) is 13.3 Å². The molecule has 0 aromatic heterocycles. The van der Waals surface area contributed by atoms with Gasteiger partial charge in [-0.25, -0.2) is 0 Å². The zero-order valence-corrected chi connectivity index (χ0v) is 6.75. The van der Waals surface area contributed by atoms with Crippen molar-refractivity contribution in [3.8, 4) is 0 Å². The molecule has 0 aliphatic carbocycles. The first kappa shape index (κ1) is 10.7. The van der Waals surface area contributed by atoms with E-state index in [-0.39, 0.29) is 18.7 Å². The second-order valence-electron chi connectivity index (χ2n) is 2.21. The highest BCUT2D eigenvalue weighted by atomic mass is 16.5. The molecular weight excluding hydrogens is 143 g/mol. The quantitative estimate of drug-likeness (QED) is 0.547. The second-order valence-corrected chi connectivity index (χ2v) is 2.21. The number of hydrogen-bond donors (Lipinski definition) is 1. The van der Waals surface area contributed by atoms with Gasteiger partial charge < -0.3 is 9.84 Å². The van der Waals surface area contributed by atoms with Crippen LogP contribution in [0, 0.1) is 0 Å². The molecule has 4 heteroatoms. The van der Waals surface area contributed by atoms with E-state index in [4.69, 9.17) is 17.7 Å². The van der Waals surface area contributed by atoms with Crippen molar-refractivity contribution in [2.45, 2.75) is 25.8 Å². The number of ether oxygens (including phenoxy) is 1. The lowest BCUT2D eigenvalue weighted by molar-refractivity contribution is -0.130. The molecule has 3 nitrogen and oxygen atoms in total. The summed E-state index contributed by atoms with van der Waals surface area (Å²) in [6, 6.07) is 0. The van der Waals surface area contributed by atoms with Gasteiger partial charge in [-0.2, -0.15) is 0 Å². The number of carbonyl (C=O) groups excluding carboxylic acids is 1. The van der Waals surface area contributed by atoms with Gasteiger partial charge in [-0.05, 0) is 12.7 Å².